The normalized spacial score (nSPS) is 31.7. The molecule has 0 aromatic heterocycles. The van der Waals surface area contributed by atoms with Crippen molar-refractivity contribution >= 4 is 16.9 Å². The van der Waals surface area contributed by atoms with Crippen LogP contribution in [0.25, 0.3) is 0 Å². The van der Waals surface area contributed by atoms with Crippen LogP contribution in [-0.2, 0) is 4.74 Å². The monoisotopic (exact) mass is 284 g/mol. The van der Waals surface area contributed by atoms with Gasteiger partial charge in [0.15, 0.2) is 5.17 Å². The van der Waals surface area contributed by atoms with E-state index in [1.54, 1.807) is 0 Å². The third-order valence-corrected chi connectivity index (χ3v) is 4.86. The largest absolute Gasteiger partial charge is 0.375 e. The van der Waals surface area contributed by atoms with Crippen molar-refractivity contribution in [2.45, 2.75) is 71.6 Å². The van der Waals surface area contributed by atoms with Gasteiger partial charge in [0.05, 0.1) is 11.6 Å². The molecule has 0 spiro atoms. The average Bonchev–Trinajstić information content (AvgIpc) is 2.26. The second kappa shape index (κ2) is 5.65. The summed E-state index contributed by atoms with van der Waals surface area (Å²) in [6.45, 7) is 12.1. The molecule has 3 nitrogen and oxygen atoms in total. The van der Waals surface area contributed by atoms with Gasteiger partial charge in [-0.15, -0.1) is 0 Å². The first kappa shape index (κ1) is 15.2. The van der Waals surface area contributed by atoms with Gasteiger partial charge in [-0.1, -0.05) is 32.5 Å². The maximum Gasteiger partial charge on any atom is 0.157 e. The maximum absolute atomic E-state index is 5.77. The van der Waals surface area contributed by atoms with Gasteiger partial charge in [0.25, 0.3) is 0 Å². The highest BCUT2D eigenvalue weighted by Crippen LogP contribution is 2.31. The molecule has 2 aliphatic heterocycles. The van der Waals surface area contributed by atoms with E-state index in [1.165, 1.54) is 12.2 Å². The van der Waals surface area contributed by atoms with Crippen molar-refractivity contribution in [3.05, 3.63) is 0 Å². The topological polar surface area (TPSA) is 33.6 Å². The third-order valence-electron chi connectivity index (χ3n) is 3.93. The SMILES string of the molecule is CC1(C)CC(NC2=NC(C(C)(C)C)CCS2)CCO1. The number of nitrogens with one attached hydrogen (secondary N) is 1. The minimum absolute atomic E-state index is 0.000755. The quantitative estimate of drug-likeness (QED) is 0.801. The molecule has 0 radical (unpaired) electrons. The van der Waals surface area contributed by atoms with Crippen LogP contribution in [0.4, 0.5) is 0 Å². The Kier molecular flexibility index (Phi) is 4.51. The van der Waals surface area contributed by atoms with Crippen molar-refractivity contribution < 1.29 is 4.74 Å². The molecule has 2 rings (SSSR count). The summed E-state index contributed by atoms with van der Waals surface area (Å²) >= 11 is 1.87. The first-order valence-electron chi connectivity index (χ1n) is 7.37. The van der Waals surface area contributed by atoms with Crippen molar-refractivity contribution in [3.8, 4) is 0 Å². The standard InChI is InChI=1S/C15H28N2OS/c1-14(2,3)12-7-9-19-13(17-12)16-11-6-8-18-15(4,5)10-11/h11-12H,6-10H2,1-5H3,(H,16,17). The van der Waals surface area contributed by atoms with Crippen LogP contribution in [-0.4, -0.2) is 35.2 Å². The Morgan fingerprint density at radius 1 is 1.32 bits per heavy atom. The van der Waals surface area contributed by atoms with Gasteiger partial charge < -0.3 is 10.1 Å². The van der Waals surface area contributed by atoms with E-state index in [0.29, 0.717) is 12.1 Å². The van der Waals surface area contributed by atoms with Crippen molar-refractivity contribution in [1.82, 2.24) is 5.32 Å². The number of aliphatic imine (C=N–C) groups is 1. The Balaban J connectivity index is 1.96. The molecule has 0 aromatic carbocycles. The van der Waals surface area contributed by atoms with E-state index in [9.17, 15) is 0 Å². The number of thioether (sulfide) groups is 1. The van der Waals surface area contributed by atoms with E-state index >= 15 is 0 Å². The average molecular weight is 284 g/mol. The summed E-state index contributed by atoms with van der Waals surface area (Å²) < 4.78 is 5.77. The van der Waals surface area contributed by atoms with Crippen molar-refractivity contribution in [1.29, 1.82) is 0 Å². The van der Waals surface area contributed by atoms with Crippen LogP contribution in [0.15, 0.2) is 4.99 Å². The number of amidine groups is 1. The maximum atomic E-state index is 5.77. The van der Waals surface area contributed by atoms with Gasteiger partial charge in [0.1, 0.15) is 0 Å². The van der Waals surface area contributed by atoms with Crippen LogP contribution in [0.3, 0.4) is 0 Å². The lowest BCUT2D eigenvalue weighted by molar-refractivity contribution is -0.0603. The zero-order valence-corrected chi connectivity index (χ0v) is 13.8. The number of rotatable bonds is 1. The fourth-order valence-corrected chi connectivity index (χ4v) is 3.73. The van der Waals surface area contributed by atoms with E-state index in [-0.39, 0.29) is 11.0 Å². The Labute approximate surface area is 122 Å². The second-order valence-electron chi connectivity index (χ2n) is 7.40. The molecular formula is C15H28N2OS. The number of nitrogens with zero attached hydrogens (tertiary/aromatic N) is 1. The number of hydrogen-bond acceptors (Lipinski definition) is 4. The van der Waals surface area contributed by atoms with Crippen LogP contribution in [0.2, 0.25) is 0 Å². The smallest absolute Gasteiger partial charge is 0.157 e. The van der Waals surface area contributed by atoms with E-state index in [1.807, 2.05) is 11.8 Å². The molecule has 1 N–H and O–H groups in total. The molecule has 0 aliphatic carbocycles. The molecule has 0 aromatic rings. The fraction of sp³-hybridized carbons (Fsp3) is 0.933. The van der Waals surface area contributed by atoms with Gasteiger partial charge in [0, 0.05) is 18.4 Å². The Morgan fingerprint density at radius 3 is 2.68 bits per heavy atom. The minimum Gasteiger partial charge on any atom is -0.375 e. The van der Waals surface area contributed by atoms with Gasteiger partial charge in [-0.2, -0.15) is 0 Å². The first-order valence-corrected chi connectivity index (χ1v) is 8.36. The van der Waals surface area contributed by atoms with E-state index in [2.05, 4.69) is 39.9 Å². The van der Waals surface area contributed by atoms with Crippen molar-refractivity contribution in [3.63, 3.8) is 0 Å². The molecule has 0 amide bonds. The Bertz CT molecular complexity index is 347. The predicted molar refractivity (Wildman–Crippen MR) is 83.9 cm³/mol. The molecule has 2 unspecified atom stereocenters. The summed E-state index contributed by atoms with van der Waals surface area (Å²) in [6.07, 6.45) is 3.34. The van der Waals surface area contributed by atoms with Gasteiger partial charge in [-0.3, -0.25) is 4.99 Å². The molecule has 0 saturated carbocycles. The van der Waals surface area contributed by atoms with Crippen LogP contribution < -0.4 is 5.32 Å². The highest BCUT2D eigenvalue weighted by Gasteiger charge is 2.31. The summed E-state index contributed by atoms with van der Waals surface area (Å²) in [5, 5.41) is 4.80. The third kappa shape index (κ3) is 4.38. The van der Waals surface area contributed by atoms with Crippen LogP contribution in [0, 0.1) is 5.41 Å². The lowest BCUT2D eigenvalue weighted by Gasteiger charge is -2.37. The summed E-state index contributed by atoms with van der Waals surface area (Å²) in [5.41, 5.74) is 0.266. The van der Waals surface area contributed by atoms with Crippen molar-refractivity contribution in [2.75, 3.05) is 12.4 Å². The van der Waals surface area contributed by atoms with Gasteiger partial charge in [-0.25, -0.2) is 0 Å². The molecule has 1 fully saturated rings. The minimum atomic E-state index is -0.000755. The highest BCUT2D eigenvalue weighted by molar-refractivity contribution is 8.13. The predicted octanol–water partition coefficient (Wildman–Crippen LogP) is 3.44. The molecular weight excluding hydrogens is 256 g/mol. The molecule has 2 aliphatic rings. The summed E-state index contributed by atoms with van der Waals surface area (Å²) in [4.78, 5) is 4.92. The lowest BCUT2D eigenvalue weighted by Crippen LogP contribution is -2.46. The molecule has 2 heterocycles. The number of hydrogen-bond donors (Lipinski definition) is 1. The summed E-state index contributed by atoms with van der Waals surface area (Å²) in [6, 6.07) is 0.956. The molecule has 110 valence electrons. The van der Waals surface area contributed by atoms with Crippen molar-refractivity contribution in [2.24, 2.45) is 10.4 Å². The Morgan fingerprint density at radius 2 is 2.05 bits per heavy atom. The van der Waals surface area contributed by atoms with E-state index < -0.39 is 0 Å². The lowest BCUT2D eigenvalue weighted by atomic mass is 9.85. The summed E-state index contributed by atoms with van der Waals surface area (Å²) in [7, 11) is 0. The molecule has 2 atom stereocenters. The van der Waals surface area contributed by atoms with Gasteiger partial charge in [-0.05, 0) is 38.5 Å². The van der Waals surface area contributed by atoms with Crippen LogP contribution >= 0.6 is 11.8 Å². The van der Waals surface area contributed by atoms with E-state index in [0.717, 1.165) is 24.6 Å². The van der Waals surface area contributed by atoms with Gasteiger partial charge in [0.2, 0.25) is 0 Å². The zero-order valence-electron chi connectivity index (χ0n) is 13.0. The van der Waals surface area contributed by atoms with Crippen LogP contribution in [0.1, 0.15) is 53.9 Å². The van der Waals surface area contributed by atoms with Gasteiger partial charge >= 0.3 is 0 Å². The zero-order chi connectivity index (χ0) is 14.1. The molecule has 19 heavy (non-hydrogen) atoms. The molecule has 1 saturated heterocycles. The van der Waals surface area contributed by atoms with Crippen LogP contribution in [0.5, 0.6) is 0 Å². The number of ether oxygens (including phenoxy) is 1. The molecule has 0 bridgehead atoms. The fourth-order valence-electron chi connectivity index (χ4n) is 2.75. The highest BCUT2D eigenvalue weighted by atomic mass is 32.2. The first-order chi connectivity index (χ1) is 8.76. The molecule has 4 heteroatoms. The summed E-state index contributed by atoms with van der Waals surface area (Å²) in [5.74, 6) is 1.18. The van der Waals surface area contributed by atoms with E-state index in [4.69, 9.17) is 9.73 Å². The Hall–Kier alpha value is -0.220. The second-order valence-corrected chi connectivity index (χ2v) is 8.48.